The molecule has 6 nitrogen and oxygen atoms in total. The lowest BCUT2D eigenvalue weighted by Crippen LogP contribution is -2.42. The van der Waals surface area contributed by atoms with Gasteiger partial charge in [-0.1, -0.05) is 19.1 Å². The summed E-state index contributed by atoms with van der Waals surface area (Å²) >= 11 is 0. The smallest absolute Gasteiger partial charge is 0.346 e. The van der Waals surface area contributed by atoms with E-state index in [0.29, 0.717) is 6.42 Å². The van der Waals surface area contributed by atoms with E-state index in [9.17, 15) is 9.59 Å². The average Bonchev–Trinajstić information content (AvgIpc) is 2.78. The Labute approximate surface area is 137 Å². The van der Waals surface area contributed by atoms with Gasteiger partial charge in [0.2, 0.25) is 0 Å². The SMILES string of the molecule is CCN(CC)c1ccc(C=NN2C(=O)NC(C)(CC)C2=O)cc1. The van der Waals surface area contributed by atoms with Gasteiger partial charge in [-0.3, -0.25) is 4.79 Å². The van der Waals surface area contributed by atoms with Gasteiger partial charge in [0.25, 0.3) is 5.91 Å². The highest BCUT2D eigenvalue weighted by Crippen LogP contribution is 2.21. The second-order valence-electron chi connectivity index (χ2n) is 5.74. The van der Waals surface area contributed by atoms with E-state index >= 15 is 0 Å². The molecule has 0 spiro atoms. The van der Waals surface area contributed by atoms with E-state index in [1.807, 2.05) is 31.2 Å². The van der Waals surface area contributed by atoms with Gasteiger partial charge in [0.05, 0.1) is 6.21 Å². The molecule has 0 radical (unpaired) electrons. The summed E-state index contributed by atoms with van der Waals surface area (Å²) in [6, 6.07) is 7.39. The van der Waals surface area contributed by atoms with Gasteiger partial charge in [-0.2, -0.15) is 5.10 Å². The number of amides is 3. The molecule has 1 aliphatic rings. The number of nitrogens with one attached hydrogen (secondary N) is 1. The van der Waals surface area contributed by atoms with E-state index in [4.69, 9.17) is 0 Å². The Balaban J connectivity index is 2.12. The Morgan fingerprint density at radius 1 is 1.17 bits per heavy atom. The normalized spacial score (nSPS) is 21.1. The van der Waals surface area contributed by atoms with Gasteiger partial charge in [0.15, 0.2) is 0 Å². The van der Waals surface area contributed by atoms with Crippen LogP contribution in [-0.2, 0) is 4.79 Å². The molecule has 1 unspecified atom stereocenters. The molecule has 1 atom stereocenters. The molecule has 1 aromatic carbocycles. The first kappa shape index (κ1) is 17.0. The molecule has 23 heavy (non-hydrogen) atoms. The Morgan fingerprint density at radius 2 is 1.78 bits per heavy atom. The van der Waals surface area contributed by atoms with Crippen LogP contribution in [0.25, 0.3) is 0 Å². The molecule has 1 saturated heterocycles. The van der Waals surface area contributed by atoms with Gasteiger partial charge in [-0.15, -0.1) is 5.01 Å². The van der Waals surface area contributed by atoms with Crippen LogP contribution in [0.3, 0.4) is 0 Å². The first-order chi connectivity index (χ1) is 10.9. The predicted octanol–water partition coefficient (Wildman–Crippen LogP) is 2.59. The fraction of sp³-hybridized carbons (Fsp3) is 0.471. The molecule has 0 aromatic heterocycles. The second kappa shape index (κ2) is 6.81. The lowest BCUT2D eigenvalue weighted by Gasteiger charge is -2.20. The lowest BCUT2D eigenvalue weighted by molar-refractivity contribution is -0.130. The molecular formula is C17H24N4O2. The third kappa shape index (κ3) is 3.36. The van der Waals surface area contributed by atoms with Crippen LogP contribution in [0.5, 0.6) is 0 Å². The zero-order chi connectivity index (χ0) is 17.0. The standard InChI is InChI=1S/C17H24N4O2/c1-5-17(4)15(22)21(16(23)19-17)18-12-13-8-10-14(11-9-13)20(6-2)7-3/h8-12H,5-7H2,1-4H3,(H,19,23). The van der Waals surface area contributed by atoms with Crippen LogP contribution in [0, 0.1) is 0 Å². The molecule has 0 aliphatic carbocycles. The van der Waals surface area contributed by atoms with Gasteiger partial charge < -0.3 is 10.2 Å². The zero-order valence-electron chi connectivity index (χ0n) is 14.2. The van der Waals surface area contributed by atoms with Crippen molar-refractivity contribution in [3.05, 3.63) is 29.8 Å². The van der Waals surface area contributed by atoms with Gasteiger partial charge in [0, 0.05) is 18.8 Å². The minimum atomic E-state index is -0.860. The van der Waals surface area contributed by atoms with Crippen LogP contribution in [0.1, 0.15) is 39.7 Å². The third-order valence-electron chi connectivity index (χ3n) is 4.29. The molecule has 3 amide bonds. The molecule has 124 valence electrons. The van der Waals surface area contributed by atoms with Crippen molar-refractivity contribution < 1.29 is 9.59 Å². The lowest BCUT2D eigenvalue weighted by atomic mass is 10.00. The first-order valence-electron chi connectivity index (χ1n) is 8.00. The number of carbonyl (C=O) groups excluding carboxylic acids is 2. The van der Waals surface area contributed by atoms with Gasteiger partial charge in [-0.05, 0) is 44.9 Å². The van der Waals surface area contributed by atoms with Crippen molar-refractivity contribution in [2.45, 2.75) is 39.7 Å². The highest BCUT2D eigenvalue weighted by Gasteiger charge is 2.46. The van der Waals surface area contributed by atoms with E-state index in [0.717, 1.165) is 29.3 Å². The molecule has 2 rings (SSSR count). The van der Waals surface area contributed by atoms with Crippen molar-refractivity contribution in [3.63, 3.8) is 0 Å². The highest BCUT2D eigenvalue weighted by atomic mass is 16.2. The highest BCUT2D eigenvalue weighted by molar-refractivity contribution is 6.07. The number of benzene rings is 1. The van der Waals surface area contributed by atoms with E-state index in [-0.39, 0.29) is 5.91 Å². The summed E-state index contributed by atoms with van der Waals surface area (Å²) in [7, 11) is 0. The molecule has 0 saturated carbocycles. The largest absolute Gasteiger partial charge is 0.372 e. The summed E-state index contributed by atoms with van der Waals surface area (Å²) < 4.78 is 0. The van der Waals surface area contributed by atoms with Gasteiger partial charge in [0.1, 0.15) is 5.54 Å². The summed E-state index contributed by atoms with van der Waals surface area (Å²) in [5, 5.41) is 7.62. The minimum absolute atomic E-state index is 0.319. The van der Waals surface area contributed by atoms with Crippen LogP contribution in [-0.4, -0.2) is 41.8 Å². The second-order valence-corrected chi connectivity index (χ2v) is 5.74. The number of anilines is 1. The zero-order valence-corrected chi connectivity index (χ0v) is 14.2. The topological polar surface area (TPSA) is 65.0 Å². The van der Waals surface area contributed by atoms with Crippen molar-refractivity contribution in [3.8, 4) is 0 Å². The molecule has 6 heteroatoms. The Bertz CT molecular complexity index is 608. The van der Waals surface area contributed by atoms with Crippen LogP contribution in [0.15, 0.2) is 29.4 Å². The summed E-state index contributed by atoms with van der Waals surface area (Å²) in [5.74, 6) is -0.319. The predicted molar refractivity (Wildman–Crippen MR) is 91.7 cm³/mol. The van der Waals surface area contributed by atoms with Gasteiger partial charge >= 0.3 is 6.03 Å². The maximum Gasteiger partial charge on any atom is 0.346 e. The average molecular weight is 316 g/mol. The Morgan fingerprint density at radius 3 is 2.26 bits per heavy atom. The summed E-state index contributed by atoms with van der Waals surface area (Å²) in [6.07, 6.45) is 2.06. The summed E-state index contributed by atoms with van der Waals surface area (Å²) in [5.41, 5.74) is 1.12. The number of nitrogens with zero attached hydrogens (tertiary/aromatic N) is 3. The molecule has 1 aliphatic heterocycles. The van der Waals surface area contributed by atoms with E-state index in [1.54, 1.807) is 6.92 Å². The number of carbonyl (C=O) groups is 2. The van der Waals surface area contributed by atoms with Crippen molar-refractivity contribution in [1.82, 2.24) is 10.3 Å². The van der Waals surface area contributed by atoms with Crippen LogP contribution >= 0.6 is 0 Å². The maximum atomic E-state index is 12.2. The maximum absolute atomic E-state index is 12.2. The monoisotopic (exact) mass is 316 g/mol. The number of urea groups is 1. The molecule has 1 N–H and O–H groups in total. The number of hydrogen-bond acceptors (Lipinski definition) is 4. The van der Waals surface area contributed by atoms with Crippen LogP contribution in [0.2, 0.25) is 0 Å². The molecule has 1 fully saturated rings. The molecular weight excluding hydrogens is 292 g/mol. The number of hydrazone groups is 1. The molecule has 0 bridgehead atoms. The van der Waals surface area contributed by atoms with Crippen molar-refractivity contribution in [2.24, 2.45) is 5.10 Å². The first-order valence-corrected chi connectivity index (χ1v) is 8.00. The van der Waals surface area contributed by atoms with Crippen molar-refractivity contribution in [1.29, 1.82) is 0 Å². The van der Waals surface area contributed by atoms with Crippen molar-refractivity contribution >= 4 is 23.8 Å². The van der Waals surface area contributed by atoms with Crippen LogP contribution < -0.4 is 10.2 Å². The number of hydrogen-bond donors (Lipinski definition) is 1. The quantitative estimate of drug-likeness (QED) is 0.648. The van der Waals surface area contributed by atoms with E-state index in [2.05, 4.69) is 29.2 Å². The fourth-order valence-corrected chi connectivity index (χ4v) is 2.50. The van der Waals surface area contributed by atoms with E-state index < -0.39 is 11.6 Å². The Hall–Kier alpha value is -2.37. The molecule has 1 aromatic rings. The molecule has 1 heterocycles. The number of imide groups is 1. The van der Waals surface area contributed by atoms with E-state index in [1.165, 1.54) is 6.21 Å². The van der Waals surface area contributed by atoms with Gasteiger partial charge in [-0.25, -0.2) is 4.79 Å². The summed E-state index contributed by atoms with van der Waals surface area (Å²) in [6.45, 7) is 9.69. The minimum Gasteiger partial charge on any atom is -0.372 e. The Kier molecular flexibility index (Phi) is 5.03. The fourth-order valence-electron chi connectivity index (χ4n) is 2.50. The number of rotatable bonds is 6. The van der Waals surface area contributed by atoms with Crippen LogP contribution in [0.4, 0.5) is 10.5 Å². The van der Waals surface area contributed by atoms with Crippen molar-refractivity contribution in [2.75, 3.05) is 18.0 Å². The third-order valence-corrected chi connectivity index (χ3v) is 4.29. The summed E-state index contributed by atoms with van der Waals surface area (Å²) in [4.78, 5) is 26.3.